The summed E-state index contributed by atoms with van der Waals surface area (Å²) in [5.41, 5.74) is 0.383. The number of phenolic OH excluding ortho intramolecular Hbond substituents is 1. The number of nitriles is 1. The Hall–Kier alpha value is -1.21. The summed E-state index contributed by atoms with van der Waals surface area (Å²) < 4.78 is 5.45. The van der Waals surface area contributed by atoms with Gasteiger partial charge in [0.1, 0.15) is 6.07 Å². The molecular weight excluding hydrogens is 222 g/mol. The second-order valence-corrected chi connectivity index (χ2v) is 2.97. The zero-order valence-electron chi connectivity index (χ0n) is 6.34. The normalized spacial score (nSPS) is 9.08. The molecule has 1 N–H and O–H groups in total. The third kappa shape index (κ3) is 1.51. The van der Waals surface area contributed by atoms with Crippen molar-refractivity contribution < 1.29 is 9.84 Å². The maximum atomic E-state index is 9.25. The van der Waals surface area contributed by atoms with Gasteiger partial charge in [0.25, 0.3) is 0 Å². The number of nitrogens with zero attached hydrogens (tertiary/aromatic N) is 1. The summed E-state index contributed by atoms with van der Waals surface area (Å²) in [7, 11) is 1.45. The Morgan fingerprint density at radius 2 is 2.25 bits per heavy atom. The topological polar surface area (TPSA) is 53.2 Å². The van der Waals surface area contributed by atoms with E-state index in [2.05, 4.69) is 15.9 Å². The molecule has 0 bridgehead atoms. The molecule has 0 aliphatic heterocycles. The van der Waals surface area contributed by atoms with Gasteiger partial charge in [-0.15, -0.1) is 0 Å². The number of hydrogen-bond donors (Lipinski definition) is 1. The Morgan fingerprint density at radius 3 is 2.75 bits per heavy atom. The molecular formula is C8H6BrNO2. The van der Waals surface area contributed by atoms with Crippen LogP contribution in [-0.2, 0) is 0 Å². The summed E-state index contributed by atoms with van der Waals surface area (Å²) in [5.74, 6) is 0.318. The van der Waals surface area contributed by atoms with Crippen LogP contribution >= 0.6 is 15.9 Å². The van der Waals surface area contributed by atoms with Gasteiger partial charge in [-0.1, -0.05) is 0 Å². The van der Waals surface area contributed by atoms with Gasteiger partial charge in [-0.3, -0.25) is 0 Å². The lowest BCUT2D eigenvalue weighted by Gasteiger charge is -2.03. The lowest BCUT2D eigenvalue weighted by atomic mass is 10.2. The molecule has 0 spiro atoms. The van der Waals surface area contributed by atoms with E-state index in [1.165, 1.54) is 13.2 Å². The highest BCUT2D eigenvalue weighted by atomic mass is 79.9. The highest BCUT2D eigenvalue weighted by molar-refractivity contribution is 9.10. The van der Waals surface area contributed by atoms with Crippen molar-refractivity contribution in [2.45, 2.75) is 0 Å². The number of methoxy groups -OCH3 is 1. The summed E-state index contributed by atoms with van der Waals surface area (Å²) in [6.45, 7) is 0. The van der Waals surface area contributed by atoms with Crippen molar-refractivity contribution in [2.24, 2.45) is 0 Å². The van der Waals surface area contributed by atoms with Crippen molar-refractivity contribution in [3.8, 4) is 17.6 Å². The predicted molar refractivity (Wildman–Crippen MR) is 47.1 cm³/mol. The maximum Gasteiger partial charge on any atom is 0.161 e. The predicted octanol–water partition coefficient (Wildman–Crippen LogP) is 2.03. The molecule has 4 heteroatoms. The van der Waals surface area contributed by atoms with Gasteiger partial charge in [-0.05, 0) is 22.0 Å². The van der Waals surface area contributed by atoms with Crippen molar-refractivity contribution in [3.05, 3.63) is 22.2 Å². The highest BCUT2D eigenvalue weighted by Gasteiger charge is 2.06. The molecule has 1 aromatic rings. The molecule has 0 saturated heterocycles. The van der Waals surface area contributed by atoms with Crippen LogP contribution in [0, 0.1) is 11.3 Å². The molecule has 0 aromatic heterocycles. The second-order valence-electron chi connectivity index (χ2n) is 2.12. The number of hydrogen-bond acceptors (Lipinski definition) is 3. The van der Waals surface area contributed by atoms with Gasteiger partial charge in [-0.25, -0.2) is 0 Å². The Morgan fingerprint density at radius 1 is 1.58 bits per heavy atom. The quantitative estimate of drug-likeness (QED) is 0.799. The molecule has 0 heterocycles. The smallest absolute Gasteiger partial charge is 0.161 e. The van der Waals surface area contributed by atoms with Gasteiger partial charge in [0, 0.05) is 10.5 Å². The number of aromatic hydroxyl groups is 1. The van der Waals surface area contributed by atoms with E-state index in [1.54, 1.807) is 6.07 Å². The molecule has 0 fully saturated rings. The largest absolute Gasteiger partial charge is 0.504 e. The summed E-state index contributed by atoms with van der Waals surface area (Å²) in [4.78, 5) is 0. The van der Waals surface area contributed by atoms with E-state index < -0.39 is 0 Å². The monoisotopic (exact) mass is 227 g/mol. The van der Waals surface area contributed by atoms with Crippen LogP contribution in [-0.4, -0.2) is 12.2 Å². The van der Waals surface area contributed by atoms with Crippen LogP contribution in [0.5, 0.6) is 11.5 Å². The van der Waals surface area contributed by atoms with Crippen molar-refractivity contribution in [1.82, 2.24) is 0 Å². The van der Waals surface area contributed by atoms with Crippen LogP contribution in [0.25, 0.3) is 0 Å². The van der Waals surface area contributed by atoms with Crippen molar-refractivity contribution >= 4 is 15.9 Å². The molecule has 0 aliphatic carbocycles. The van der Waals surface area contributed by atoms with Crippen molar-refractivity contribution in [3.63, 3.8) is 0 Å². The lowest BCUT2D eigenvalue weighted by molar-refractivity contribution is 0.373. The van der Waals surface area contributed by atoms with Gasteiger partial charge in [0.05, 0.1) is 12.7 Å². The molecule has 12 heavy (non-hydrogen) atoms. The van der Waals surface area contributed by atoms with E-state index in [0.717, 1.165) is 0 Å². The van der Waals surface area contributed by atoms with Gasteiger partial charge in [0.15, 0.2) is 11.5 Å². The van der Waals surface area contributed by atoms with E-state index in [0.29, 0.717) is 15.8 Å². The molecule has 0 aliphatic rings. The fraction of sp³-hybridized carbons (Fsp3) is 0.125. The minimum Gasteiger partial charge on any atom is -0.504 e. The van der Waals surface area contributed by atoms with Crippen molar-refractivity contribution in [2.75, 3.05) is 7.11 Å². The highest BCUT2D eigenvalue weighted by Crippen LogP contribution is 2.31. The number of phenols is 1. The van der Waals surface area contributed by atoms with Crippen LogP contribution in [0.3, 0.4) is 0 Å². The molecule has 1 aromatic carbocycles. The Kier molecular flexibility index (Phi) is 2.56. The zero-order chi connectivity index (χ0) is 9.14. The van der Waals surface area contributed by atoms with E-state index >= 15 is 0 Å². The SMILES string of the molecule is COc1cc(Br)c(C#N)cc1O. The van der Waals surface area contributed by atoms with E-state index in [4.69, 9.17) is 10.00 Å². The van der Waals surface area contributed by atoms with Crippen LogP contribution in [0.4, 0.5) is 0 Å². The average molecular weight is 228 g/mol. The van der Waals surface area contributed by atoms with E-state index in [-0.39, 0.29) is 5.75 Å². The number of halogens is 1. The molecule has 3 nitrogen and oxygen atoms in total. The Bertz CT molecular complexity index is 343. The Balaban J connectivity index is 3.28. The molecule has 0 amide bonds. The molecule has 0 radical (unpaired) electrons. The summed E-state index contributed by atoms with van der Waals surface area (Å²) in [6, 6.07) is 4.82. The van der Waals surface area contributed by atoms with Gasteiger partial charge in [-0.2, -0.15) is 5.26 Å². The fourth-order valence-electron chi connectivity index (χ4n) is 0.793. The zero-order valence-corrected chi connectivity index (χ0v) is 7.92. The van der Waals surface area contributed by atoms with Gasteiger partial charge in [0.2, 0.25) is 0 Å². The first-order valence-corrected chi connectivity index (χ1v) is 3.95. The minimum absolute atomic E-state index is 0.0303. The van der Waals surface area contributed by atoms with E-state index in [1.807, 2.05) is 6.07 Å². The maximum absolute atomic E-state index is 9.25. The average Bonchev–Trinajstić information content (AvgIpc) is 2.08. The fourth-order valence-corrected chi connectivity index (χ4v) is 1.20. The Labute approximate surface area is 78.3 Å². The minimum atomic E-state index is -0.0303. The summed E-state index contributed by atoms with van der Waals surface area (Å²) in [6.07, 6.45) is 0. The first kappa shape index (κ1) is 8.88. The molecule has 0 atom stereocenters. The van der Waals surface area contributed by atoms with Crippen LogP contribution in [0.15, 0.2) is 16.6 Å². The van der Waals surface area contributed by atoms with Crippen LogP contribution in [0.1, 0.15) is 5.56 Å². The van der Waals surface area contributed by atoms with Crippen LogP contribution in [0.2, 0.25) is 0 Å². The van der Waals surface area contributed by atoms with Gasteiger partial charge < -0.3 is 9.84 Å². The molecule has 0 saturated carbocycles. The molecule has 62 valence electrons. The third-order valence-electron chi connectivity index (χ3n) is 1.39. The summed E-state index contributed by atoms with van der Waals surface area (Å²) >= 11 is 3.17. The first-order chi connectivity index (χ1) is 5.69. The van der Waals surface area contributed by atoms with Crippen molar-refractivity contribution in [1.29, 1.82) is 5.26 Å². The third-order valence-corrected chi connectivity index (χ3v) is 2.05. The summed E-state index contributed by atoms with van der Waals surface area (Å²) in [5, 5.41) is 17.8. The molecule has 1 rings (SSSR count). The van der Waals surface area contributed by atoms with Crippen LogP contribution < -0.4 is 4.74 Å². The standard InChI is InChI=1S/C8H6BrNO2/c1-12-8-3-6(9)5(4-10)2-7(8)11/h2-3,11H,1H3. The number of rotatable bonds is 1. The number of benzene rings is 1. The first-order valence-electron chi connectivity index (χ1n) is 3.15. The lowest BCUT2D eigenvalue weighted by Crippen LogP contribution is -1.85. The van der Waals surface area contributed by atoms with Gasteiger partial charge >= 0.3 is 0 Å². The van der Waals surface area contributed by atoms with E-state index in [9.17, 15) is 5.11 Å². The molecule has 0 unspecified atom stereocenters. The second kappa shape index (κ2) is 3.46. The number of ether oxygens (including phenoxy) is 1.